The van der Waals surface area contributed by atoms with E-state index < -0.39 is 0 Å². The van der Waals surface area contributed by atoms with Crippen molar-refractivity contribution >= 4 is 17.4 Å². The summed E-state index contributed by atoms with van der Waals surface area (Å²) in [5.41, 5.74) is 1.64. The molecule has 8 nitrogen and oxygen atoms in total. The monoisotopic (exact) mass is 375 g/mol. The molecule has 1 N–H and O–H groups in total. The number of nitrogens with one attached hydrogen (secondary N) is 1. The second kappa shape index (κ2) is 8.77. The molecule has 28 heavy (non-hydrogen) atoms. The van der Waals surface area contributed by atoms with E-state index in [4.69, 9.17) is 5.26 Å². The van der Waals surface area contributed by atoms with E-state index >= 15 is 0 Å². The summed E-state index contributed by atoms with van der Waals surface area (Å²) < 4.78 is 0. The van der Waals surface area contributed by atoms with Gasteiger partial charge in [0.2, 0.25) is 0 Å². The fourth-order valence-electron chi connectivity index (χ4n) is 3.12. The Hall–Kier alpha value is -3.73. The number of hydrogen-bond donors (Lipinski definition) is 1. The maximum Gasteiger partial charge on any atom is 0.256 e. The van der Waals surface area contributed by atoms with E-state index in [0.29, 0.717) is 35.7 Å². The van der Waals surface area contributed by atoms with E-state index in [0.717, 1.165) is 6.42 Å². The molecule has 0 aromatic carbocycles. The second-order valence-corrected chi connectivity index (χ2v) is 6.23. The average Bonchev–Trinajstić information content (AvgIpc) is 3.40. The molecule has 0 radical (unpaired) electrons. The molecule has 8 heteroatoms. The van der Waals surface area contributed by atoms with E-state index in [2.05, 4.69) is 33.1 Å². The molecule has 2 aromatic rings. The summed E-state index contributed by atoms with van der Waals surface area (Å²) in [5.74, 6) is 0.531. The summed E-state index contributed by atoms with van der Waals surface area (Å²) >= 11 is 0. The third-order valence-corrected chi connectivity index (χ3v) is 4.42. The van der Waals surface area contributed by atoms with Crippen LogP contribution in [0.1, 0.15) is 18.9 Å². The summed E-state index contributed by atoms with van der Waals surface area (Å²) in [7, 11) is 0. The van der Waals surface area contributed by atoms with Crippen molar-refractivity contribution in [2.45, 2.75) is 19.4 Å². The molecule has 2 aromatic heterocycles. The van der Waals surface area contributed by atoms with Crippen molar-refractivity contribution in [2.24, 2.45) is 0 Å². The third kappa shape index (κ3) is 4.15. The highest BCUT2D eigenvalue weighted by Crippen LogP contribution is 2.22. The first-order valence-electron chi connectivity index (χ1n) is 8.94. The maximum atomic E-state index is 13.1. The molecule has 1 atom stereocenters. The standard InChI is InChI=1S/C20H21N7O/c1-3-5-17(18(4-2)27-23-9-10-24-27)20(28)26-11-7-16(14-26)25-19-12-15(13-21)6-8-22-19/h3-6,8-10,12,16H,1,7,11,14H2,2H3,(H,22,25)/b17-5+,18-4+. The van der Waals surface area contributed by atoms with Crippen LogP contribution in [0.25, 0.3) is 5.70 Å². The normalized spacial score (nSPS) is 17.3. The van der Waals surface area contributed by atoms with Crippen LogP contribution >= 0.6 is 0 Å². The zero-order valence-electron chi connectivity index (χ0n) is 15.6. The van der Waals surface area contributed by atoms with Crippen molar-refractivity contribution in [2.75, 3.05) is 18.4 Å². The first kappa shape index (κ1) is 19.0. The van der Waals surface area contributed by atoms with E-state index in [-0.39, 0.29) is 11.9 Å². The van der Waals surface area contributed by atoms with Crippen LogP contribution in [-0.4, -0.2) is 49.9 Å². The van der Waals surface area contributed by atoms with E-state index in [1.807, 2.05) is 6.92 Å². The molecule has 0 aliphatic carbocycles. The predicted molar refractivity (Wildman–Crippen MR) is 106 cm³/mol. The molecule has 1 unspecified atom stereocenters. The van der Waals surface area contributed by atoms with Crippen molar-refractivity contribution < 1.29 is 4.79 Å². The van der Waals surface area contributed by atoms with Gasteiger partial charge in [0, 0.05) is 25.3 Å². The second-order valence-electron chi connectivity index (χ2n) is 6.23. The lowest BCUT2D eigenvalue weighted by molar-refractivity contribution is -0.125. The van der Waals surface area contributed by atoms with E-state index in [1.54, 1.807) is 53.9 Å². The van der Waals surface area contributed by atoms with Gasteiger partial charge in [0.05, 0.1) is 35.3 Å². The van der Waals surface area contributed by atoms with E-state index in [1.165, 1.54) is 4.80 Å². The number of pyridine rings is 1. The number of hydrogen-bond acceptors (Lipinski definition) is 6. The Kier molecular flexibility index (Phi) is 5.97. The summed E-state index contributed by atoms with van der Waals surface area (Å²) in [6.45, 7) is 6.72. The van der Waals surface area contributed by atoms with Gasteiger partial charge in [0.25, 0.3) is 5.91 Å². The lowest BCUT2D eigenvalue weighted by atomic mass is 10.1. The van der Waals surface area contributed by atoms with Crippen LogP contribution in [-0.2, 0) is 4.79 Å². The average molecular weight is 375 g/mol. The molecular formula is C20H21N7O. The van der Waals surface area contributed by atoms with Gasteiger partial charge in [-0.15, -0.1) is 0 Å². The highest BCUT2D eigenvalue weighted by molar-refractivity contribution is 6.05. The van der Waals surface area contributed by atoms with Crippen molar-refractivity contribution in [1.29, 1.82) is 5.26 Å². The number of carbonyl (C=O) groups is 1. The van der Waals surface area contributed by atoms with Crippen molar-refractivity contribution in [3.8, 4) is 6.07 Å². The Morgan fingerprint density at radius 1 is 1.39 bits per heavy atom. The lowest BCUT2D eigenvalue weighted by Crippen LogP contribution is -2.33. The quantitative estimate of drug-likeness (QED) is 0.614. The van der Waals surface area contributed by atoms with Gasteiger partial charge in [-0.3, -0.25) is 4.79 Å². The van der Waals surface area contributed by atoms with Crippen LogP contribution in [0, 0.1) is 11.3 Å². The van der Waals surface area contributed by atoms with Crippen molar-refractivity contribution in [3.63, 3.8) is 0 Å². The zero-order chi connectivity index (χ0) is 19.9. The molecule has 1 aliphatic heterocycles. The molecule has 0 saturated carbocycles. The molecular weight excluding hydrogens is 354 g/mol. The van der Waals surface area contributed by atoms with Crippen LogP contribution < -0.4 is 5.32 Å². The Morgan fingerprint density at radius 2 is 2.18 bits per heavy atom. The highest BCUT2D eigenvalue weighted by Gasteiger charge is 2.30. The molecule has 1 fully saturated rings. The van der Waals surface area contributed by atoms with Gasteiger partial charge in [0.1, 0.15) is 5.82 Å². The van der Waals surface area contributed by atoms with Gasteiger partial charge in [-0.1, -0.05) is 18.7 Å². The van der Waals surface area contributed by atoms with E-state index in [9.17, 15) is 4.79 Å². The number of rotatable bonds is 6. The summed E-state index contributed by atoms with van der Waals surface area (Å²) in [5, 5.41) is 20.6. The molecule has 1 saturated heterocycles. The number of carbonyl (C=O) groups excluding carboxylic acids is 1. The maximum absolute atomic E-state index is 13.1. The number of aromatic nitrogens is 4. The van der Waals surface area contributed by atoms with Gasteiger partial charge >= 0.3 is 0 Å². The minimum Gasteiger partial charge on any atom is -0.365 e. The molecule has 3 heterocycles. The molecule has 1 aliphatic rings. The number of allylic oxidation sites excluding steroid dienone is 3. The molecule has 1 amide bonds. The number of anilines is 1. The Morgan fingerprint density at radius 3 is 2.86 bits per heavy atom. The van der Waals surface area contributed by atoms with Crippen LogP contribution in [0.5, 0.6) is 0 Å². The summed E-state index contributed by atoms with van der Waals surface area (Å²) in [6, 6.07) is 5.52. The van der Waals surface area contributed by atoms with Crippen molar-refractivity contribution in [3.05, 3.63) is 66.7 Å². The Balaban J connectivity index is 1.72. The minimum atomic E-state index is -0.103. The first-order chi connectivity index (χ1) is 13.7. The minimum absolute atomic E-state index is 0.0623. The van der Waals surface area contributed by atoms with Crippen molar-refractivity contribution in [1.82, 2.24) is 24.9 Å². The summed E-state index contributed by atoms with van der Waals surface area (Å²) in [6.07, 6.45) is 10.6. The third-order valence-electron chi connectivity index (χ3n) is 4.42. The number of nitrogens with zero attached hydrogens (tertiary/aromatic N) is 6. The fourth-order valence-corrected chi connectivity index (χ4v) is 3.12. The van der Waals surface area contributed by atoms with Gasteiger partial charge in [-0.05, 0) is 31.6 Å². The smallest absolute Gasteiger partial charge is 0.256 e. The number of nitriles is 1. The number of likely N-dealkylation sites (tertiary alicyclic amines) is 1. The largest absolute Gasteiger partial charge is 0.365 e. The molecule has 0 spiro atoms. The van der Waals surface area contributed by atoms with Crippen LogP contribution in [0.2, 0.25) is 0 Å². The molecule has 142 valence electrons. The van der Waals surface area contributed by atoms with Crippen LogP contribution in [0.3, 0.4) is 0 Å². The zero-order valence-corrected chi connectivity index (χ0v) is 15.6. The fraction of sp³-hybridized carbons (Fsp3) is 0.250. The van der Waals surface area contributed by atoms with Crippen LogP contribution in [0.15, 0.2) is 61.1 Å². The van der Waals surface area contributed by atoms with Crippen LogP contribution in [0.4, 0.5) is 5.82 Å². The first-order valence-corrected chi connectivity index (χ1v) is 8.94. The predicted octanol–water partition coefficient (Wildman–Crippen LogP) is 2.23. The lowest BCUT2D eigenvalue weighted by Gasteiger charge is -2.20. The molecule has 0 bridgehead atoms. The highest BCUT2D eigenvalue weighted by atomic mass is 16.2. The van der Waals surface area contributed by atoms with Gasteiger partial charge in [0.15, 0.2) is 0 Å². The summed E-state index contributed by atoms with van der Waals surface area (Å²) in [4.78, 5) is 20.6. The van der Waals surface area contributed by atoms with Gasteiger partial charge in [-0.2, -0.15) is 20.3 Å². The topological polar surface area (TPSA) is 99.7 Å². The Bertz CT molecular complexity index is 953. The van der Waals surface area contributed by atoms with Gasteiger partial charge in [-0.25, -0.2) is 4.98 Å². The van der Waals surface area contributed by atoms with Gasteiger partial charge < -0.3 is 10.2 Å². The Labute approximate surface area is 163 Å². The SMILES string of the molecule is C=C/C=C(C(=O)N1CCC(Nc2cc(C#N)ccn2)C1)\C(=C/C)n1nccn1. The number of amides is 1. The molecule has 3 rings (SSSR count).